The molecule has 0 heterocycles. The van der Waals surface area contributed by atoms with Crippen LogP contribution < -0.4 is 10.6 Å². The summed E-state index contributed by atoms with van der Waals surface area (Å²) in [5, 5.41) is 15.3. The van der Waals surface area contributed by atoms with Gasteiger partial charge in [0, 0.05) is 31.0 Å². The molecule has 8 nitrogen and oxygen atoms in total. The van der Waals surface area contributed by atoms with Gasteiger partial charge in [-0.2, -0.15) is 0 Å². The quantitative estimate of drug-likeness (QED) is 0.239. The highest BCUT2D eigenvalue weighted by atomic mass is 16.5. The van der Waals surface area contributed by atoms with Crippen LogP contribution in [0.2, 0.25) is 0 Å². The van der Waals surface area contributed by atoms with Crippen LogP contribution in [0.3, 0.4) is 0 Å². The van der Waals surface area contributed by atoms with E-state index in [0.717, 1.165) is 5.56 Å². The molecule has 0 spiro atoms. The van der Waals surface area contributed by atoms with Gasteiger partial charge in [-0.25, -0.2) is 9.59 Å². The van der Waals surface area contributed by atoms with Crippen LogP contribution >= 0.6 is 0 Å². The third-order valence-corrected chi connectivity index (χ3v) is 7.83. The molecule has 3 N–H and O–H groups in total. The van der Waals surface area contributed by atoms with Crippen molar-refractivity contribution in [1.82, 2.24) is 15.5 Å². The van der Waals surface area contributed by atoms with Crippen LogP contribution in [-0.2, 0) is 20.9 Å². The molecule has 222 valence electrons. The zero-order chi connectivity index (χ0) is 30.1. The van der Waals surface area contributed by atoms with Gasteiger partial charge in [0.25, 0.3) is 0 Å². The van der Waals surface area contributed by atoms with E-state index in [9.17, 15) is 19.5 Å². The van der Waals surface area contributed by atoms with Crippen molar-refractivity contribution in [2.45, 2.75) is 57.7 Å². The number of likely N-dealkylation sites (N-methyl/N-ethyl adjacent to an activating group) is 1. The van der Waals surface area contributed by atoms with Crippen molar-refractivity contribution in [1.29, 1.82) is 0 Å². The van der Waals surface area contributed by atoms with Crippen molar-refractivity contribution >= 4 is 18.0 Å². The number of alkyl carbamates (subject to hydrolysis) is 1. The van der Waals surface area contributed by atoms with Crippen LogP contribution in [0, 0.1) is 5.92 Å². The van der Waals surface area contributed by atoms with Crippen LogP contribution in [0.4, 0.5) is 4.79 Å². The number of carboxylic acids is 1. The molecule has 42 heavy (non-hydrogen) atoms. The van der Waals surface area contributed by atoms with Gasteiger partial charge in [-0.05, 0) is 54.6 Å². The largest absolute Gasteiger partial charge is 0.480 e. The van der Waals surface area contributed by atoms with Crippen molar-refractivity contribution in [3.8, 4) is 11.1 Å². The third kappa shape index (κ3) is 8.19. The van der Waals surface area contributed by atoms with Gasteiger partial charge >= 0.3 is 12.1 Å². The first kappa shape index (κ1) is 30.8. The Morgan fingerprint density at radius 1 is 0.857 bits per heavy atom. The molecule has 1 aliphatic carbocycles. The molecule has 3 aromatic rings. The number of fused-ring (bicyclic) bond motifs is 3. The fourth-order valence-electron chi connectivity index (χ4n) is 5.55. The maximum Gasteiger partial charge on any atom is 0.407 e. The monoisotopic (exact) mass is 571 g/mol. The molecule has 8 heteroatoms. The topological polar surface area (TPSA) is 108 Å². The average molecular weight is 572 g/mol. The summed E-state index contributed by atoms with van der Waals surface area (Å²) in [5.74, 6) is -1.69. The molecule has 0 fully saturated rings. The van der Waals surface area contributed by atoms with Crippen LogP contribution in [-0.4, -0.2) is 60.3 Å². The molecule has 3 aromatic carbocycles. The molecule has 0 aliphatic heterocycles. The summed E-state index contributed by atoms with van der Waals surface area (Å²) in [6.07, 6.45) is 1.49. The third-order valence-electron chi connectivity index (χ3n) is 7.83. The molecular formula is C34H41N3O5. The van der Waals surface area contributed by atoms with E-state index >= 15 is 0 Å². The van der Waals surface area contributed by atoms with Crippen molar-refractivity contribution < 1.29 is 24.2 Å². The van der Waals surface area contributed by atoms with Crippen LogP contribution in [0.1, 0.15) is 55.7 Å². The van der Waals surface area contributed by atoms with Gasteiger partial charge in [-0.1, -0.05) is 92.2 Å². The zero-order valence-corrected chi connectivity index (χ0v) is 24.6. The van der Waals surface area contributed by atoms with Crippen molar-refractivity contribution in [2.75, 3.05) is 20.2 Å². The highest BCUT2D eigenvalue weighted by Crippen LogP contribution is 2.44. The number of hydrogen-bond acceptors (Lipinski definition) is 5. The lowest BCUT2D eigenvalue weighted by Crippen LogP contribution is -2.49. The number of aliphatic carboxylic acids is 1. The van der Waals surface area contributed by atoms with Gasteiger partial charge in [0.05, 0.1) is 0 Å². The number of ether oxygens (including phenoxy) is 1. The average Bonchev–Trinajstić information content (AvgIpc) is 3.29. The molecular weight excluding hydrogens is 530 g/mol. The maximum atomic E-state index is 12.8. The van der Waals surface area contributed by atoms with Gasteiger partial charge in [-0.15, -0.1) is 0 Å². The zero-order valence-electron chi connectivity index (χ0n) is 24.6. The Hall–Kier alpha value is -4.17. The number of nitrogens with one attached hydrogen (secondary N) is 2. The summed E-state index contributed by atoms with van der Waals surface area (Å²) in [7, 11) is 1.84. The highest BCUT2D eigenvalue weighted by molar-refractivity contribution is 5.85. The van der Waals surface area contributed by atoms with Crippen molar-refractivity contribution in [3.63, 3.8) is 0 Å². The second-order valence-corrected chi connectivity index (χ2v) is 11.3. The Morgan fingerprint density at radius 2 is 1.45 bits per heavy atom. The first-order valence-corrected chi connectivity index (χ1v) is 14.6. The van der Waals surface area contributed by atoms with E-state index in [2.05, 4.69) is 34.9 Å². The van der Waals surface area contributed by atoms with Gasteiger partial charge in [-0.3, -0.25) is 9.69 Å². The smallest absolute Gasteiger partial charge is 0.407 e. The van der Waals surface area contributed by atoms with Gasteiger partial charge < -0.3 is 20.5 Å². The minimum atomic E-state index is -1.06. The minimum absolute atomic E-state index is 0.00516. The van der Waals surface area contributed by atoms with E-state index in [0.29, 0.717) is 25.8 Å². The number of carbonyl (C=O) groups excluding carboxylic acids is 2. The number of hydrogen-bond donors (Lipinski definition) is 3. The van der Waals surface area contributed by atoms with E-state index in [1.807, 2.05) is 73.5 Å². The summed E-state index contributed by atoms with van der Waals surface area (Å²) < 4.78 is 5.64. The Kier molecular flexibility index (Phi) is 10.7. The summed E-state index contributed by atoms with van der Waals surface area (Å²) in [6, 6.07) is 25.1. The SMILES string of the molecule is CC(CCCC(C)C(=O)NC(CN(C)Cc1ccccc1)C(=O)O)NC(=O)OCC1c2ccccc2-c2ccccc21. The number of carboxylic acid groups (broad SMARTS) is 1. The predicted octanol–water partition coefficient (Wildman–Crippen LogP) is 5.42. The molecule has 0 radical (unpaired) electrons. The number of benzene rings is 3. The summed E-state index contributed by atoms with van der Waals surface area (Å²) in [6.45, 7) is 4.75. The summed E-state index contributed by atoms with van der Waals surface area (Å²) in [5.41, 5.74) is 5.77. The summed E-state index contributed by atoms with van der Waals surface area (Å²) >= 11 is 0. The summed E-state index contributed by atoms with van der Waals surface area (Å²) in [4.78, 5) is 39.0. The molecule has 2 amide bonds. The normalized spacial score (nSPS) is 14.4. The molecule has 3 unspecified atom stereocenters. The minimum Gasteiger partial charge on any atom is -0.480 e. The highest BCUT2D eigenvalue weighted by Gasteiger charge is 2.29. The second-order valence-electron chi connectivity index (χ2n) is 11.3. The predicted molar refractivity (Wildman–Crippen MR) is 163 cm³/mol. The molecule has 0 aromatic heterocycles. The van der Waals surface area contributed by atoms with E-state index < -0.39 is 18.1 Å². The fraction of sp³-hybridized carbons (Fsp3) is 0.382. The van der Waals surface area contributed by atoms with E-state index in [4.69, 9.17) is 4.74 Å². The Labute approximate surface area is 248 Å². The Morgan fingerprint density at radius 3 is 2.07 bits per heavy atom. The van der Waals surface area contributed by atoms with E-state index in [1.165, 1.54) is 22.3 Å². The second kappa shape index (κ2) is 14.6. The Bertz CT molecular complexity index is 1320. The molecule has 1 aliphatic rings. The Balaban J connectivity index is 1.17. The van der Waals surface area contributed by atoms with Gasteiger partial charge in [0.2, 0.25) is 5.91 Å². The number of rotatable bonds is 14. The molecule has 3 atom stereocenters. The van der Waals surface area contributed by atoms with Crippen LogP contribution in [0.25, 0.3) is 11.1 Å². The standard InChI is InChI=1S/C34H41N3O5/c1-23(32(38)36-31(33(39)40)21-37(3)20-25-14-5-4-6-15-25)12-11-13-24(2)35-34(41)42-22-30-28-18-9-7-16-26(28)27-17-8-10-19-29(27)30/h4-10,14-19,23-24,30-31H,11-13,20-22H2,1-3H3,(H,35,41)(H,36,38)(H,39,40). The van der Waals surface area contributed by atoms with Gasteiger partial charge in [0.1, 0.15) is 12.6 Å². The lowest BCUT2D eigenvalue weighted by molar-refractivity contribution is -0.143. The van der Waals surface area contributed by atoms with Crippen LogP contribution in [0.5, 0.6) is 0 Å². The first-order valence-electron chi connectivity index (χ1n) is 14.6. The fourth-order valence-corrected chi connectivity index (χ4v) is 5.55. The van der Waals surface area contributed by atoms with Crippen LogP contribution in [0.15, 0.2) is 78.9 Å². The molecule has 0 saturated heterocycles. The first-order chi connectivity index (χ1) is 20.2. The van der Waals surface area contributed by atoms with E-state index in [1.54, 1.807) is 6.92 Å². The van der Waals surface area contributed by atoms with Gasteiger partial charge in [0.15, 0.2) is 0 Å². The lowest BCUT2D eigenvalue weighted by atomic mass is 9.98. The number of amides is 2. The van der Waals surface area contributed by atoms with Crippen molar-refractivity contribution in [2.24, 2.45) is 5.92 Å². The van der Waals surface area contributed by atoms with E-state index in [-0.39, 0.29) is 36.9 Å². The lowest BCUT2D eigenvalue weighted by Gasteiger charge is -2.23. The molecule has 0 bridgehead atoms. The maximum absolute atomic E-state index is 12.8. The number of nitrogens with zero attached hydrogens (tertiary/aromatic N) is 1. The molecule has 4 rings (SSSR count). The van der Waals surface area contributed by atoms with Crippen molar-refractivity contribution in [3.05, 3.63) is 95.6 Å². The molecule has 0 saturated carbocycles. The number of carbonyl (C=O) groups is 3.